The van der Waals surface area contributed by atoms with Gasteiger partial charge in [-0.3, -0.25) is 9.59 Å². The lowest BCUT2D eigenvalue weighted by molar-refractivity contribution is -0.122. The van der Waals surface area contributed by atoms with Crippen molar-refractivity contribution in [3.8, 4) is 5.75 Å². The van der Waals surface area contributed by atoms with Crippen LogP contribution in [-0.4, -0.2) is 24.5 Å². The van der Waals surface area contributed by atoms with Crippen LogP contribution in [0.1, 0.15) is 25.3 Å². The van der Waals surface area contributed by atoms with E-state index in [0.717, 1.165) is 24.2 Å². The van der Waals surface area contributed by atoms with Crippen LogP contribution >= 0.6 is 0 Å². The first kappa shape index (κ1) is 17.0. The molecule has 25 heavy (non-hydrogen) atoms. The van der Waals surface area contributed by atoms with Crippen molar-refractivity contribution in [2.75, 3.05) is 16.8 Å². The van der Waals surface area contributed by atoms with Gasteiger partial charge in [-0.25, -0.2) is 0 Å². The lowest BCUT2D eigenvalue weighted by Gasteiger charge is -2.17. The molecule has 130 valence electrons. The van der Waals surface area contributed by atoms with Gasteiger partial charge in [0.15, 0.2) is 6.10 Å². The number of ether oxygens (including phenoxy) is 1. The van der Waals surface area contributed by atoms with Crippen molar-refractivity contribution in [2.24, 2.45) is 0 Å². The quantitative estimate of drug-likeness (QED) is 0.907. The van der Waals surface area contributed by atoms with E-state index in [1.807, 2.05) is 43.3 Å². The molecule has 0 aliphatic carbocycles. The smallest absolute Gasteiger partial charge is 0.265 e. The molecule has 1 fully saturated rings. The maximum atomic E-state index is 12.3. The predicted molar refractivity (Wildman–Crippen MR) is 97.9 cm³/mol. The van der Waals surface area contributed by atoms with Crippen LogP contribution in [0.2, 0.25) is 0 Å². The van der Waals surface area contributed by atoms with Crippen LogP contribution in [0.5, 0.6) is 5.75 Å². The van der Waals surface area contributed by atoms with Crippen LogP contribution in [0, 0.1) is 6.92 Å². The molecule has 1 heterocycles. The van der Waals surface area contributed by atoms with Gasteiger partial charge in [0.25, 0.3) is 5.91 Å². The monoisotopic (exact) mass is 338 g/mol. The number of aryl methyl sites for hydroxylation is 1. The Kier molecular flexibility index (Phi) is 5.03. The number of rotatable bonds is 5. The molecule has 2 aromatic rings. The summed E-state index contributed by atoms with van der Waals surface area (Å²) in [5.74, 6) is 0.606. The Morgan fingerprint density at radius 2 is 1.96 bits per heavy atom. The second-order valence-electron chi connectivity index (χ2n) is 6.26. The first-order valence-electron chi connectivity index (χ1n) is 8.47. The van der Waals surface area contributed by atoms with E-state index in [0.29, 0.717) is 17.9 Å². The number of amides is 2. The van der Waals surface area contributed by atoms with Crippen molar-refractivity contribution in [1.82, 2.24) is 0 Å². The molecule has 1 N–H and O–H groups in total. The van der Waals surface area contributed by atoms with Crippen molar-refractivity contribution < 1.29 is 14.3 Å². The number of anilines is 2. The number of nitrogens with one attached hydrogen (secondary N) is 1. The molecule has 3 rings (SSSR count). The van der Waals surface area contributed by atoms with Crippen molar-refractivity contribution in [3.05, 3.63) is 54.1 Å². The molecule has 0 bridgehead atoms. The summed E-state index contributed by atoms with van der Waals surface area (Å²) in [6, 6.07) is 14.9. The number of carbonyl (C=O) groups is 2. The zero-order valence-corrected chi connectivity index (χ0v) is 14.5. The zero-order valence-electron chi connectivity index (χ0n) is 14.5. The average molecular weight is 338 g/mol. The molecule has 1 aliphatic heterocycles. The molecule has 0 aromatic heterocycles. The SMILES string of the molecule is Cc1cccc(O[C@H](C)C(=O)Nc2ccc(N3CCCC3=O)cc2)c1. The van der Waals surface area contributed by atoms with Gasteiger partial charge in [-0.1, -0.05) is 12.1 Å². The number of benzene rings is 2. The van der Waals surface area contributed by atoms with Crippen LogP contribution in [0.3, 0.4) is 0 Å². The maximum Gasteiger partial charge on any atom is 0.265 e. The molecular formula is C20H22N2O3. The highest BCUT2D eigenvalue weighted by molar-refractivity contribution is 5.96. The minimum Gasteiger partial charge on any atom is -0.481 e. The minimum atomic E-state index is -0.610. The van der Waals surface area contributed by atoms with Gasteiger partial charge in [0.1, 0.15) is 5.75 Å². The van der Waals surface area contributed by atoms with Crippen LogP contribution in [-0.2, 0) is 9.59 Å². The fourth-order valence-corrected chi connectivity index (χ4v) is 2.84. The molecule has 5 nitrogen and oxygen atoms in total. The fourth-order valence-electron chi connectivity index (χ4n) is 2.84. The predicted octanol–water partition coefficient (Wildman–Crippen LogP) is 3.53. The Hall–Kier alpha value is -2.82. The van der Waals surface area contributed by atoms with Gasteiger partial charge < -0.3 is 15.0 Å². The number of hydrogen-bond donors (Lipinski definition) is 1. The molecule has 1 atom stereocenters. The highest BCUT2D eigenvalue weighted by Gasteiger charge is 2.21. The third kappa shape index (κ3) is 4.18. The summed E-state index contributed by atoms with van der Waals surface area (Å²) in [7, 11) is 0. The summed E-state index contributed by atoms with van der Waals surface area (Å²) >= 11 is 0. The van der Waals surface area contributed by atoms with Gasteiger partial charge in [0.05, 0.1) is 0 Å². The van der Waals surface area contributed by atoms with Gasteiger partial charge in [-0.05, 0) is 62.2 Å². The molecule has 1 saturated heterocycles. The molecule has 0 unspecified atom stereocenters. The average Bonchev–Trinajstić information content (AvgIpc) is 3.01. The highest BCUT2D eigenvalue weighted by atomic mass is 16.5. The highest BCUT2D eigenvalue weighted by Crippen LogP contribution is 2.23. The van der Waals surface area contributed by atoms with E-state index in [2.05, 4.69) is 5.32 Å². The molecular weight excluding hydrogens is 316 g/mol. The Morgan fingerprint density at radius 1 is 1.20 bits per heavy atom. The van der Waals surface area contributed by atoms with Crippen LogP contribution in [0.15, 0.2) is 48.5 Å². The Labute approximate surface area is 147 Å². The van der Waals surface area contributed by atoms with E-state index >= 15 is 0 Å². The second kappa shape index (κ2) is 7.38. The van der Waals surface area contributed by atoms with Gasteiger partial charge in [0, 0.05) is 24.3 Å². The first-order valence-corrected chi connectivity index (χ1v) is 8.47. The third-order valence-corrected chi connectivity index (χ3v) is 4.19. The number of nitrogens with zero attached hydrogens (tertiary/aromatic N) is 1. The number of hydrogen-bond acceptors (Lipinski definition) is 3. The van der Waals surface area contributed by atoms with E-state index in [1.54, 1.807) is 24.0 Å². The fraction of sp³-hybridized carbons (Fsp3) is 0.300. The topological polar surface area (TPSA) is 58.6 Å². The molecule has 0 spiro atoms. The van der Waals surface area contributed by atoms with E-state index < -0.39 is 6.10 Å². The number of carbonyl (C=O) groups excluding carboxylic acids is 2. The van der Waals surface area contributed by atoms with Crippen LogP contribution < -0.4 is 15.0 Å². The molecule has 1 aliphatic rings. The summed E-state index contributed by atoms with van der Waals surface area (Å²) < 4.78 is 5.68. The zero-order chi connectivity index (χ0) is 17.8. The van der Waals surface area contributed by atoms with Crippen LogP contribution in [0.25, 0.3) is 0 Å². The van der Waals surface area contributed by atoms with E-state index in [9.17, 15) is 9.59 Å². The van der Waals surface area contributed by atoms with E-state index in [1.165, 1.54) is 0 Å². The normalized spacial score (nSPS) is 15.1. The molecule has 2 aromatic carbocycles. The molecule has 2 amide bonds. The van der Waals surface area contributed by atoms with E-state index in [-0.39, 0.29) is 11.8 Å². The van der Waals surface area contributed by atoms with E-state index in [4.69, 9.17) is 4.74 Å². The van der Waals surface area contributed by atoms with Crippen molar-refractivity contribution in [3.63, 3.8) is 0 Å². The Morgan fingerprint density at radius 3 is 2.60 bits per heavy atom. The van der Waals surface area contributed by atoms with Gasteiger partial charge in [0.2, 0.25) is 5.91 Å². The molecule has 0 radical (unpaired) electrons. The molecule has 5 heteroatoms. The standard InChI is InChI=1S/C20H22N2O3/c1-14-5-3-6-18(13-14)25-15(2)20(24)21-16-8-10-17(11-9-16)22-12-4-7-19(22)23/h3,5-6,8-11,13,15H,4,7,12H2,1-2H3,(H,21,24)/t15-/m1/s1. The lowest BCUT2D eigenvalue weighted by Crippen LogP contribution is -2.30. The third-order valence-electron chi connectivity index (χ3n) is 4.19. The summed E-state index contributed by atoms with van der Waals surface area (Å²) in [4.78, 5) is 25.8. The van der Waals surface area contributed by atoms with Crippen molar-refractivity contribution in [1.29, 1.82) is 0 Å². The molecule has 0 saturated carbocycles. The largest absolute Gasteiger partial charge is 0.481 e. The summed E-state index contributed by atoms with van der Waals surface area (Å²) in [6.45, 7) is 4.45. The van der Waals surface area contributed by atoms with Crippen molar-refractivity contribution in [2.45, 2.75) is 32.8 Å². The van der Waals surface area contributed by atoms with Gasteiger partial charge >= 0.3 is 0 Å². The Bertz CT molecular complexity index is 771. The van der Waals surface area contributed by atoms with Crippen LogP contribution in [0.4, 0.5) is 11.4 Å². The second-order valence-corrected chi connectivity index (χ2v) is 6.26. The maximum absolute atomic E-state index is 12.3. The van der Waals surface area contributed by atoms with Crippen molar-refractivity contribution >= 4 is 23.2 Å². The summed E-state index contributed by atoms with van der Waals surface area (Å²) in [6.07, 6.45) is 0.888. The minimum absolute atomic E-state index is 0.150. The Balaban J connectivity index is 1.59. The van der Waals surface area contributed by atoms with Gasteiger partial charge in [-0.15, -0.1) is 0 Å². The van der Waals surface area contributed by atoms with Gasteiger partial charge in [-0.2, -0.15) is 0 Å². The summed E-state index contributed by atoms with van der Waals surface area (Å²) in [5, 5.41) is 2.84. The lowest BCUT2D eigenvalue weighted by atomic mass is 10.2. The first-order chi connectivity index (χ1) is 12.0. The summed E-state index contributed by atoms with van der Waals surface area (Å²) in [5.41, 5.74) is 2.63.